The Morgan fingerprint density at radius 3 is 2.69 bits per heavy atom. The third-order valence-corrected chi connectivity index (χ3v) is 6.61. The van der Waals surface area contributed by atoms with Crippen molar-refractivity contribution in [1.29, 1.82) is 0 Å². The van der Waals surface area contributed by atoms with Crippen LogP contribution < -0.4 is 9.62 Å². The number of nitrogens with one attached hydrogen (secondary N) is 1. The molecule has 1 fully saturated rings. The van der Waals surface area contributed by atoms with E-state index in [0.717, 1.165) is 29.6 Å². The molecule has 0 amide bonds. The van der Waals surface area contributed by atoms with Crippen molar-refractivity contribution >= 4 is 27.2 Å². The quantitative estimate of drug-likeness (QED) is 0.845. The number of anilines is 1. The van der Waals surface area contributed by atoms with Gasteiger partial charge in [-0.1, -0.05) is 0 Å². The van der Waals surface area contributed by atoms with Crippen LogP contribution in [0, 0.1) is 0 Å². The van der Waals surface area contributed by atoms with Crippen LogP contribution in [0.15, 0.2) is 28.6 Å². The van der Waals surface area contributed by atoms with Gasteiger partial charge in [0.25, 0.3) is 0 Å². The molecule has 1 aliphatic rings. The van der Waals surface area contributed by atoms with Crippen molar-refractivity contribution < 1.29 is 21.6 Å². The van der Waals surface area contributed by atoms with E-state index in [9.17, 15) is 21.6 Å². The maximum Gasteiger partial charge on any atom is 0.434 e. The second-order valence-corrected chi connectivity index (χ2v) is 8.69. The highest BCUT2D eigenvalue weighted by atomic mass is 32.2. The van der Waals surface area contributed by atoms with Crippen molar-refractivity contribution in [3.63, 3.8) is 0 Å². The molecule has 142 valence electrons. The molecule has 1 atom stereocenters. The Bertz CT molecular complexity index is 866. The van der Waals surface area contributed by atoms with Crippen LogP contribution in [0.5, 0.6) is 0 Å². The van der Waals surface area contributed by atoms with Gasteiger partial charge < -0.3 is 4.90 Å². The molecule has 0 saturated carbocycles. The van der Waals surface area contributed by atoms with E-state index in [-0.39, 0.29) is 10.8 Å². The van der Waals surface area contributed by atoms with Crippen molar-refractivity contribution in [2.24, 2.45) is 0 Å². The van der Waals surface area contributed by atoms with Crippen molar-refractivity contribution in [3.8, 4) is 0 Å². The Balaban J connectivity index is 1.75. The molecule has 1 saturated heterocycles. The lowest BCUT2D eigenvalue weighted by molar-refractivity contribution is -0.140. The number of pyridine rings is 1. The zero-order valence-corrected chi connectivity index (χ0v) is 15.5. The predicted molar refractivity (Wildman–Crippen MR) is 91.8 cm³/mol. The van der Waals surface area contributed by atoms with E-state index in [1.54, 1.807) is 6.07 Å². The number of hydrogen-bond acceptors (Lipinski definition) is 6. The third-order valence-electron chi connectivity index (χ3n) is 4.21. The fraction of sp³-hybridized carbons (Fsp3) is 0.467. The summed E-state index contributed by atoms with van der Waals surface area (Å²) < 4.78 is 63.9. The van der Waals surface area contributed by atoms with E-state index in [1.165, 1.54) is 19.3 Å². The number of sulfonamides is 1. The molecular formula is C15H17F3N4O2S2. The van der Waals surface area contributed by atoms with Crippen LogP contribution in [0.25, 0.3) is 0 Å². The third kappa shape index (κ3) is 3.99. The molecule has 2 aromatic heterocycles. The average molecular weight is 406 g/mol. The topological polar surface area (TPSA) is 75.2 Å². The summed E-state index contributed by atoms with van der Waals surface area (Å²) in [4.78, 5) is 9.95. The van der Waals surface area contributed by atoms with Crippen LogP contribution in [0.4, 0.5) is 19.0 Å². The first-order valence-electron chi connectivity index (χ1n) is 7.88. The SMILES string of the molecule is CNS(=O)(=O)c1ccc(N2CCCC(c3nc(C(F)(F)F)cs3)C2)nc1. The van der Waals surface area contributed by atoms with Crippen LogP contribution >= 0.6 is 11.3 Å². The van der Waals surface area contributed by atoms with Crippen LogP contribution in [0.1, 0.15) is 29.5 Å². The monoisotopic (exact) mass is 406 g/mol. The zero-order chi connectivity index (χ0) is 18.9. The van der Waals surface area contributed by atoms with E-state index in [2.05, 4.69) is 14.7 Å². The summed E-state index contributed by atoms with van der Waals surface area (Å²) in [6, 6.07) is 3.07. The van der Waals surface area contributed by atoms with Gasteiger partial charge in [0.15, 0.2) is 5.69 Å². The number of nitrogens with zero attached hydrogens (tertiary/aromatic N) is 3. The molecule has 1 aliphatic heterocycles. The molecule has 1 unspecified atom stereocenters. The lowest BCUT2D eigenvalue weighted by Crippen LogP contribution is -2.35. The number of rotatable bonds is 4. The van der Waals surface area contributed by atoms with E-state index in [0.29, 0.717) is 23.9 Å². The molecule has 0 aromatic carbocycles. The normalized spacial score (nSPS) is 18.9. The van der Waals surface area contributed by atoms with Crippen LogP contribution in [0.2, 0.25) is 0 Å². The molecule has 0 bridgehead atoms. The molecular weight excluding hydrogens is 389 g/mol. The smallest absolute Gasteiger partial charge is 0.356 e. The average Bonchev–Trinajstić information content (AvgIpc) is 3.13. The summed E-state index contributed by atoms with van der Waals surface area (Å²) in [5.41, 5.74) is -0.852. The van der Waals surface area contributed by atoms with Crippen molar-refractivity contribution in [2.75, 3.05) is 25.0 Å². The number of alkyl halides is 3. The zero-order valence-electron chi connectivity index (χ0n) is 13.8. The summed E-state index contributed by atoms with van der Waals surface area (Å²) in [7, 11) is -2.24. The lowest BCUT2D eigenvalue weighted by Gasteiger charge is -2.32. The van der Waals surface area contributed by atoms with Gasteiger partial charge in [0, 0.05) is 30.6 Å². The van der Waals surface area contributed by atoms with E-state index < -0.39 is 21.9 Å². The van der Waals surface area contributed by atoms with Gasteiger partial charge in [-0.2, -0.15) is 13.2 Å². The Morgan fingerprint density at radius 2 is 2.12 bits per heavy atom. The molecule has 0 aliphatic carbocycles. The second kappa shape index (κ2) is 7.12. The highest BCUT2D eigenvalue weighted by Gasteiger charge is 2.35. The van der Waals surface area contributed by atoms with E-state index >= 15 is 0 Å². The summed E-state index contributed by atoms with van der Waals surface area (Å²) in [5.74, 6) is 0.490. The molecule has 2 aromatic rings. The lowest BCUT2D eigenvalue weighted by atomic mass is 9.99. The summed E-state index contributed by atoms with van der Waals surface area (Å²) >= 11 is 1.02. The Morgan fingerprint density at radius 1 is 1.35 bits per heavy atom. The number of hydrogen-bond donors (Lipinski definition) is 1. The summed E-state index contributed by atoms with van der Waals surface area (Å²) in [6.07, 6.45) is -1.60. The molecule has 6 nitrogen and oxygen atoms in total. The largest absolute Gasteiger partial charge is 0.434 e. The molecule has 3 rings (SSSR count). The second-order valence-electron chi connectivity index (χ2n) is 5.91. The highest BCUT2D eigenvalue weighted by Crippen LogP contribution is 2.35. The van der Waals surface area contributed by atoms with Crippen LogP contribution in [0.3, 0.4) is 0 Å². The fourth-order valence-electron chi connectivity index (χ4n) is 2.83. The minimum Gasteiger partial charge on any atom is -0.356 e. The number of thiazole rings is 1. The molecule has 0 radical (unpaired) electrons. The number of piperidine rings is 1. The van der Waals surface area contributed by atoms with E-state index in [1.807, 2.05) is 4.90 Å². The summed E-state index contributed by atoms with van der Waals surface area (Å²) in [6.45, 7) is 1.20. The molecule has 26 heavy (non-hydrogen) atoms. The van der Waals surface area contributed by atoms with Crippen molar-refractivity contribution in [3.05, 3.63) is 34.4 Å². The predicted octanol–water partition coefficient (Wildman–Crippen LogP) is 2.85. The molecule has 1 N–H and O–H groups in total. The number of aromatic nitrogens is 2. The first-order chi connectivity index (χ1) is 12.2. The van der Waals surface area contributed by atoms with Gasteiger partial charge in [-0.25, -0.2) is 23.1 Å². The van der Waals surface area contributed by atoms with Gasteiger partial charge in [0.05, 0.1) is 5.01 Å². The first kappa shape index (κ1) is 19.1. The first-order valence-corrected chi connectivity index (χ1v) is 10.2. The minimum absolute atomic E-state index is 0.0621. The molecule has 0 spiro atoms. The molecule has 11 heteroatoms. The van der Waals surface area contributed by atoms with Gasteiger partial charge in [-0.05, 0) is 32.0 Å². The van der Waals surface area contributed by atoms with Crippen molar-refractivity contribution in [2.45, 2.75) is 29.8 Å². The van der Waals surface area contributed by atoms with Crippen LogP contribution in [-0.2, 0) is 16.2 Å². The van der Waals surface area contributed by atoms with Gasteiger partial charge in [0.2, 0.25) is 10.0 Å². The van der Waals surface area contributed by atoms with E-state index in [4.69, 9.17) is 0 Å². The van der Waals surface area contributed by atoms with Gasteiger partial charge in [-0.3, -0.25) is 0 Å². The fourth-order valence-corrected chi connectivity index (χ4v) is 4.46. The standard InChI is InChI=1S/C15H17F3N4O2S2/c1-19-26(23,24)11-4-5-13(20-7-11)22-6-2-3-10(8-22)14-21-12(9-25-14)15(16,17)18/h4-5,7,9-10,19H,2-3,6,8H2,1H3. The maximum atomic E-state index is 12.7. The Hall–Kier alpha value is -1.72. The maximum absolute atomic E-state index is 12.7. The summed E-state index contributed by atoms with van der Waals surface area (Å²) in [5, 5.41) is 1.51. The Kier molecular flexibility index (Phi) is 5.22. The van der Waals surface area contributed by atoms with Gasteiger partial charge in [-0.15, -0.1) is 11.3 Å². The van der Waals surface area contributed by atoms with Crippen molar-refractivity contribution in [1.82, 2.24) is 14.7 Å². The minimum atomic E-state index is -4.43. The Labute approximate surface area is 153 Å². The van der Waals surface area contributed by atoms with Gasteiger partial charge >= 0.3 is 6.18 Å². The highest BCUT2D eigenvalue weighted by molar-refractivity contribution is 7.89. The molecule has 3 heterocycles. The number of halogens is 3. The van der Waals surface area contributed by atoms with Crippen LogP contribution in [-0.4, -0.2) is 38.5 Å². The van der Waals surface area contributed by atoms with Gasteiger partial charge in [0.1, 0.15) is 10.7 Å².